The van der Waals surface area contributed by atoms with Gasteiger partial charge in [0, 0.05) is 23.7 Å². The van der Waals surface area contributed by atoms with Gasteiger partial charge in [0.05, 0.1) is 11.6 Å². The third-order valence-corrected chi connectivity index (χ3v) is 5.61. The van der Waals surface area contributed by atoms with Crippen molar-refractivity contribution in [1.82, 2.24) is 9.62 Å². The highest BCUT2D eigenvalue weighted by Gasteiger charge is 2.21. The van der Waals surface area contributed by atoms with Crippen molar-refractivity contribution in [2.45, 2.75) is 25.3 Å². The Kier molecular flexibility index (Phi) is 7.39. The number of hydrogen-bond donors (Lipinski definition) is 2. The smallest absolute Gasteiger partial charge is 0.242 e. The average Bonchev–Trinajstić information content (AvgIpc) is 2.43. The minimum atomic E-state index is -3.73. The minimum absolute atomic E-state index is 0.0414. The second-order valence-electron chi connectivity index (χ2n) is 4.42. The third kappa shape index (κ3) is 4.81. The fraction of sp³-hybridized carbons (Fsp3) is 0.538. The number of nitrogens with zero attached hydrogens (tertiary/aromatic N) is 1. The van der Waals surface area contributed by atoms with Crippen molar-refractivity contribution >= 4 is 33.2 Å². The van der Waals surface area contributed by atoms with E-state index in [1.807, 2.05) is 13.8 Å². The van der Waals surface area contributed by atoms with Gasteiger partial charge in [-0.3, -0.25) is 0 Å². The summed E-state index contributed by atoms with van der Waals surface area (Å²) < 4.78 is 27.0. The van der Waals surface area contributed by atoms with Gasteiger partial charge >= 0.3 is 0 Å². The normalized spacial score (nSPS) is 12.1. The van der Waals surface area contributed by atoms with Crippen LogP contribution in [0.4, 0.5) is 0 Å². The standard InChI is InChI=1S/C13H20Cl2N2O3S/c1-3-17(4-2)8-7-16-21(19,20)12-6-5-11(14)10(9-18)13(12)15/h5-6,16,18H,3-4,7-9H2,1-2H3. The molecular formula is C13H20Cl2N2O3S. The van der Waals surface area contributed by atoms with E-state index >= 15 is 0 Å². The quantitative estimate of drug-likeness (QED) is 0.749. The van der Waals surface area contributed by atoms with Crippen molar-refractivity contribution in [2.24, 2.45) is 0 Å². The lowest BCUT2D eigenvalue weighted by Gasteiger charge is -2.18. The molecule has 1 aromatic rings. The number of nitrogens with one attached hydrogen (secondary N) is 1. The molecule has 0 radical (unpaired) electrons. The molecule has 0 atom stereocenters. The molecule has 0 unspecified atom stereocenters. The number of rotatable bonds is 8. The summed E-state index contributed by atoms with van der Waals surface area (Å²) in [7, 11) is -3.73. The van der Waals surface area contributed by atoms with Crippen LogP contribution in [-0.4, -0.2) is 44.6 Å². The van der Waals surface area contributed by atoms with Crippen molar-refractivity contribution in [2.75, 3.05) is 26.2 Å². The van der Waals surface area contributed by atoms with Crippen LogP contribution >= 0.6 is 23.2 Å². The first-order chi connectivity index (χ1) is 9.87. The molecule has 1 rings (SSSR count). The van der Waals surface area contributed by atoms with E-state index in [4.69, 9.17) is 23.2 Å². The molecule has 0 aromatic heterocycles. The van der Waals surface area contributed by atoms with E-state index in [-0.39, 0.29) is 27.0 Å². The van der Waals surface area contributed by atoms with Gasteiger partial charge < -0.3 is 10.0 Å². The first-order valence-corrected chi connectivity index (χ1v) is 8.91. The maximum Gasteiger partial charge on any atom is 0.242 e. The molecule has 21 heavy (non-hydrogen) atoms. The Morgan fingerprint density at radius 3 is 2.38 bits per heavy atom. The average molecular weight is 355 g/mol. The summed E-state index contributed by atoms with van der Waals surface area (Å²) in [6.07, 6.45) is 0. The van der Waals surface area contributed by atoms with Crippen molar-refractivity contribution in [1.29, 1.82) is 0 Å². The Balaban J connectivity index is 2.89. The molecule has 0 heterocycles. The van der Waals surface area contributed by atoms with Crippen LogP contribution in [0, 0.1) is 0 Å². The lowest BCUT2D eigenvalue weighted by molar-refractivity contribution is 0.281. The zero-order valence-electron chi connectivity index (χ0n) is 12.1. The number of sulfonamides is 1. The van der Waals surface area contributed by atoms with Crippen LogP contribution in [0.1, 0.15) is 19.4 Å². The highest BCUT2D eigenvalue weighted by molar-refractivity contribution is 7.89. The molecule has 0 fully saturated rings. The molecule has 0 bridgehead atoms. The van der Waals surface area contributed by atoms with Gasteiger partial charge in [0.25, 0.3) is 0 Å². The molecule has 2 N–H and O–H groups in total. The Morgan fingerprint density at radius 1 is 1.24 bits per heavy atom. The predicted molar refractivity (Wildman–Crippen MR) is 85.4 cm³/mol. The zero-order chi connectivity index (χ0) is 16.0. The second-order valence-corrected chi connectivity index (χ2v) is 6.94. The maximum atomic E-state index is 12.3. The fourth-order valence-electron chi connectivity index (χ4n) is 1.88. The Morgan fingerprint density at radius 2 is 1.86 bits per heavy atom. The molecule has 0 saturated heterocycles. The fourth-order valence-corrected chi connectivity index (χ4v) is 3.80. The zero-order valence-corrected chi connectivity index (χ0v) is 14.4. The molecule has 0 aliphatic heterocycles. The van der Waals surface area contributed by atoms with Gasteiger partial charge in [-0.1, -0.05) is 37.0 Å². The molecule has 0 aliphatic rings. The van der Waals surface area contributed by atoms with E-state index in [9.17, 15) is 13.5 Å². The predicted octanol–water partition coefficient (Wildman–Crippen LogP) is 2.11. The van der Waals surface area contributed by atoms with Crippen LogP contribution in [0.5, 0.6) is 0 Å². The van der Waals surface area contributed by atoms with Gasteiger partial charge in [0.1, 0.15) is 4.90 Å². The largest absolute Gasteiger partial charge is 0.392 e. The maximum absolute atomic E-state index is 12.3. The van der Waals surface area contributed by atoms with Gasteiger partial charge in [-0.25, -0.2) is 13.1 Å². The van der Waals surface area contributed by atoms with Crippen LogP contribution in [0.3, 0.4) is 0 Å². The summed E-state index contributed by atoms with van der Waals surface area (Å²) in [6.45, 7) is 6.23. The molecule has 120 valence electrons. The molecule has 0 saturated carbocycles. The van der Waals surface area contributed by atoms with Crippen molar-refractivity contribution in [3.8, 4) is 0 Å². The summed E-state index contributed by atoms with van der Waals surface area (Å²) in [4.78, 5) is 2.03. The van der Waals surface area contributed by atoms with E-state index in [0.717, 1.165) is 13.1 Å². The SMILES string of the molecule is CCN(CC)CCNS(=O)(=O)c1ccc(Cl)c(CO)c1Cl. The lowest BCUT2D eigenvalue weighted by atomic mass is 10.2. The topological polar surface area (TPSA) is 69.6 Å². The van der Waals surface area contributed by atoms with E-state index < -0.39 is 16.6 Å². The van der Waals surface area contributed by atoms with Crippen LogP contribution in [-0.2, 0) is 16.6 Å². The van der Waals surface area contributed by atoms with Crippen molar-refractivity contribution < 1.29 is 13.5 Å². The first kappa shape index (κ1) is 18.7. The van der Waals surface area contributed by atoms with Gasteiger partial charge in [0.2, 0.25) is 10.0 Å². The summed E-state index contributed by atoms with van der Waals surface area (Å²) in [5, 5.41) is 9.41. The Hall–Kier alpha value is -0.370. The number of benzene rings is 1. The molecule has 0 amide bonds. The summed E-state index contributed by atoms with van der Waals surface area (Å²) in [5.74, 6) is 0. The van der Waals surface area contributed by atoms with Gasteiger partial charge in [-0.15, -0.1) is 0 Å². The number of likely N-dealkylation sites (N-methyl/N-ethyl adjacent to an activating group) is 1. The summed E-state index contributed by atoms with van der Waals surface area (Å²) >= 11 is 11.9. The second kappa shape index (κ2) is 8.31. The highest BCUT2D eigenvalue weighted by atomic mass is 35.5. The van der Waals surface area contributed by atoms with E-state index in [1.54, 1.807) is 0 Å². The first-order valence-electron chi connectivity index (χ1n) is 6.67. The minimum Gasteiger partial charge on any atom is -0.392 e. The van der Waals surface area contributed by atoms with Gasteiger partial charge in [0.15, 0.2) is 0 Å². The van der Waals surface area contributed by atoms with Crippen LogP contribution < -0.4 is 4.72 Å². The van der Waals surface area contributed by atoms with Gasteiger partial charge in [-0.05, 0) is 25.2 Å². The van der Waals surface area contributed by atoms with E-state index in [2.05, 4.69) is 9.62 Å². The van der Waals surface area contributed by atoms with Gasteiger partial charge in [-0.2, -0.15) is 0 Å². The number of halogens is 2. The number of hydrogen-bond acceptors (Lipinski definition) is 4. The monoisotopic (exact) mass is 354 g/mol. The van der Waals surface area contributed by atoms with E-state index in [0.29, 0.717) is 6.54 Å². The van der Waals surface area contributed by atoms with Crippen molar-refractivity contribution in [3.05, 3.63) is 27.7 Å². The lowest BCUT2D eigenvalue weighted by Crippen LogP contribution is -2.35. The molecular weight excluding hydrogens is 335 g/mol. The molecule has 5 nitrogen and oxygen atoms in total. The van der Waals surface area contributed by atoms with Crippen LogP contribution in [0.2, 0.25) is 10.0 Å². The molecule has 0 aliphatic carbocycles. The summed E-state index contributed by atoms with van der Waals surface area (Å²) in [5.41, 5.74) is 0.213. The number of aliphatic hydroxyl groups is 1. The highest BCUT2D eigenvalue weighted by Crippen LogP contribution is 2.30. The Bertz CT molecular complexity index is 575. The molecule has 0 spiro atoms. The summed E-state index contributed by atoms with van der Waals surface area (Å²) in [6, 6.07) is 2.75. The third-order valence-electron chi connectivity index (χ3n) is 3.21. The molecule has 1 aromatic carbocycles. The van der Waals surface area contributed by atoms with Crippen LogP contribution in [0.25, 0.3) is 0 Å². The molecule has 8 heteroatoms. The Labute approximate surface area is 135 Å². The van der Waals surface area contributed by atoms with Crippen molar-refractivity contribution in [3.63, 3.8) is 0 Å². The number of aliphatic hydroxyl groups excluding tert-OH is 1. The van der Waals surface area contributed by atoms with Crippen LogP contribution in [0.15, 0.2) is 17.0 Å². The van der Waals surface area contributed by atoms with E-state index in [1.165, 1.54) is 12.1 Å².